The molecule has 0 saturated carbocycles. The molecule has 0 N–H and O–H groups in total. The molecule has 2 aromatic rings. The number of anilines is 2. The van der Waals surface area contributed by atoms with Gasteiger partial charge in [0.05, 0.1) is 17.8 Å². The van der Waals surface area contributed by atoms with E-state index < -0.39 is 0 Å². The highest BCUT2D eigenvalue weighted by atomic mass is 15.1. The van der Waals surface area contributed by atoms with Gasteiger partial charge in [-0.15, -0.1) is 0 Å². The van der Waals surface area contributed by atoms with Gasteiger partial charge in [0.25, 0.3) is 6.04 Å². The van der Waals surface area contributed by atoms with Gasteiger partial charge < -0.3 is 9.74 Å². The van der Waals surface area contributed by atoms with Crippen molar-refractivity contribution in [2.75, 3.05) is 4.90 Å². The molecule has 1 heterocycles. The largest absolute Gasteiger partial charge is 0.317 e. The molecule has 0 radical (unpaired) electrons. The quantitative estimate of drug-likeness (QED) is 0.632. The molecule has 3 heteroatoms. The highest BCUT2D eigenvalue weighted by Gasteiger charge is 2.29. The van der Waals surface area contributed by atoms with E-state index >= 15 is 0 Å². The SMILES string of the molecule is [C-]#[N+]c1cccc2c1C([N+]#[C-])C=CN2c1c(C)cccc1C. The van der Waals surface area contributed by atoms with Gasteiger partial charge in [0.2, 0.25) is 0 Å². The van der Waals surface area contributed by atoms with Crippen LogP contribution in [0.15, 0.2) is 48.7 Å². The van der Waals surface area contributed by atoms with Gasteiger partial charge in [-0.2, -0.15) is 0 Å². The zero-order valence-corrected chi connectivity index (χ0v) is 12.5. The van der Waals surface area contributed by atoms with E-state index in [0.29, 0.717) is 5.69 Å². The Balaban J connectivity index is 2.27. The van der Waals surface area contributed by atoms with Crippen molar-refractivity contribution < 1.29 is 0 Å². The number of aryl methyl sites for hydroxylation is 2. The van der Waals surface area contributed by atoms with Gasteiger partial charge in [0, 0.05) is 18.0 Å². The summed E-state index contributed by atoms with van der Waals surface area (Å²) in [5, 5.41) is 0. The van der Waals surface area contributed by atoms with Crippen molar-refractivity contribution in [3.05, 3.63) is 88.2 Å². The van der Waals surface area contributed by atoms with Gasteiger partial charge in [-0.3, -0.25) is 0 Å². The zero-order chi connectivity index (χ0) is 15.7. The van der Waals surface area contributed by atoms with E-state index in [2.05, 4.69) is 40.6 Å². The van der Waals surface area contributed by atoms with Crippen molar-refractivity contribution in [1.29, 1.82) is 0 Å². The lowest BCUT2D eigenvalue weighted by atomic mass is 9.97. The third kappa shape index (κ3) is 2.05. The average Bonchev–Trinajstić information content (AvgIpc) is 2.54. The summed E-state index contributed by atoms with van der Waals surface area (Å²) in [6.45, 7) is 18.9. The molecule has 0 fully saturated rings. The Morgan fingerprint density at radius 3 is 2.32 bits per heavy atom. The first kappa shape index (κ1) is 13.9. The van der Waals surface area contributed by atoms with Crippen LogP contribution in [-0.4, -0.2) is 0 Å². The number of nitrogens with zero attached hydrogens (tertiary/aromatic N) is 3. The van der Waals surface area contributed by atoms with Gasteiger partial charge >= 0.3 is 0 Å². The number of hydrogen-bond donors (Lipinski definition) is 0. The van der Waals surface area contributed by atoms with Crippen LogP contribution in [0, 0.1) is 27.0 Å². The molecule has 0 saturated heterocycles. The van der Waals surface area contributed by atoms with Crippen LogP contribution >= 0.6 is 0 Å². The monoisotopic (exact) mass is 285 g/mol. The van der Waals surface area contributed by atoms with Crippen LogP contribution in [0.1, 0.15) is 22.7 Å². The maximum atomic E-state index is 7.41. The van der Waals surface area contributed by atoms with Crippen LogP contribution in [0.4, 0.5) is 17.1 Å². The third-order valence-electron chi connectivity index (χ3n) is 3.97. The van der Waals surface area contributed by atoms with E-state index in [4.69, 9.17) is 13.1 Å². The summed E-state index contributed by atoms with van der Waals surface area (Å²) in [5.74, 6) is 0. The molecular weight excluding hydrogens is 270 g/mol. The minimum absolute atomic E-state index is 0.388. The number of para-hydroxylation sites is 1. The molecule has 1 unspecified atom stereocenters. The summed E-state index contributed by atoms with van der Waals surface area (Å²) in [4.78, 5) is 9.36. The van der Waals surface area contributed by atoms with Crippen molar-refractivity contribution in [3.8, 4) is 0 Å². The van der Waals surface area contributed by atoms with Gasteiger partial charge in [-0.05, 0) is 31.0 Å². The second-order valence-corrected chi connectivity index (χ2v) is 5.35. The molecule has 0 aromatic heterocycles. The number of benzene rings is 2. The maximum absolute atomic E-state index is 7.41. The number of rotatable bonds is 1. The smallest absolute Gasteiger partial charge is 0.261 e. The van der Waals surface area contributed by atoms with Gasteiger partial charge in [0.1, 0.15) is 0 Å². The lowest BCUT2D eigenvalue weighted by Crippen LogP contribution is -2.17. The molecule has 1 aliphatic heterocycles. The highest BCUT2D eigenvalue weighted by Crippen LogP contribution is 2.44. The van der Waals surface area contributed by atoms with E-state index in [1.165, 1.54) is 11.1 Å². The van der Waals surface area contributed by atoms with Crippen LogP contribution in [0.5, 0.6) is 0 Å². The summed E-state index contributed by atoms with van der Waals surface area (Å²) in [5.41, 5.74) is 5.74. The summed E-state index contributed by atoms with van der Waals surface area (Å²) in [6, 6.07) is 11.5. The minimum atomic E-state index is -0.388. The van der Waals surface area contributed by atoms with Crippen molar-refractivity contribution in [1.82, 2.24) is 0 Å². The average molecular weight is 285 g/mol. The van der Waals surface area contributed by atoms with Crippen LogP contribution in [0.25, 0.3) is 9.69 Å². The first-order valence-corrected chi connectivity index (χ1v) is 7.08. The van der Waals surface area contributed by atoms with Crippen LogP contribution < -0.4 is 4.90 Å². The Morgan fingerprint density at radius 1 is 1.00 bits per heavy atom. The maximum Gasteiger partial charge on any atom is 0.261 e. The molecule has 106 valence electrons. The normalized spacial score (nSPS) is 15.8. The van der Waals surface area contributed by atoms with E-state index in [1.54, 1.807) is 6.07 Å². The lowest BCUT2D eigenvalue weighted by molar-refractivity contribution is 1.02. The zero-order valence-electron chi connectivity index (χ0n) is 12.5. The van der Waals surface area contributed by atoms with E-state index in [9.17, 15) is 0 Å². The molecule has 0 spiro atoms. The summed E-state index contributed by atoms with van der Waals surface area (Å²) >= 11 is 0. The first-order chi connectivity index (χ1) is 10.7. The van der Waals surface area contributed by atoms with Crippen molar-refractivity contribution in [3.63, 3.8) is 0 Å². The molecular formula is C19H15N3. The molecule has 0 amide bonds. The van der Waals surface area contributed by atoms with E-state index in [1.807, 2.05) is 30.5 Å². The van der Waals surface area contributed by atoms with Crippen LogP contribution in [0.2, 0.25) is 0 Å². The second-order valence-electron chi connectivity index (χ2n) is 5.35. The van der Waals surface area contributed by atoms with Gasteiger partial charge in [-0.1, -0.05) is 30.3 Å². The topological polar surface area (TPSA) is 12.0 Å². The molecule has 22 heavy (non-hydrogen) atoms. The molecule has 2 aromatic carbocycles. The Hall–Kier alpha value is -3.04. The van der Waals surface area contributed by atoms with E-state index in [-0.39, 0.29) is 6.04 Å². The predicted molar refractivity (Wildman–Crippen MR) is 89.2 cm³/mol. The predicted octanol–water partition coefficient (Wildman–Crippen LogP) is 5.48. The molecule has 1 atom stereocenters. The standard InChI is InChI=1S/C19H15N3/c1-13-7-5-8-14(2)19(13)22-12-11-16(21-4)18-15(20-3)9-6-10-17(18)22/h5-12,16H,1-2H3. The fraction of sp³-hybridized carbons (Fsp3) is 0.158. The Labute approximate surface area is 130 Å². The fourth-order valence-electron chi connectivity index (χ4n) is 2.98. The lowest BCUT2D eigenvalue weighted by Gasteiger charge is -2.30. The number of fused-ring (bicyclic) bond motifs is 1. The minimum Gasteiger partial charge on any atom is -0.317 e. The Morgan fingerprint density at radius 2 is 1.68 bits per heavy atom. The Kier molecular flexibility index (Phi) is 3.41. The molecule has 3 nitrogen and oxygen atoms in total. The van der Waals surface area contributed by atoms with Crippen molar-refractivity contribution in [2.45, 2.75) is 19.9 Å². The summed E-state index contributed by atoms with van der Waals surface area (Å²) in [7, 11) is 0. The molecule has 3 rings (SSSR count). The summed E-state index contributed by atoms with van der Waals surface area (Å²) in [6.07, 6.45) is 3.82. The van der Waals surface area contributed by atoms with Crippen LogP contribution in [0.3, 0.4) is 0 Å². The fourth-order valence-corrected chi connectivity index (χ4v) is 2.98. The van der Waals surface area contributed by atoms with E-state index in [0.717, 1.165) is 16.9 Å². The summed E-state index contributed by atoms with van der Waals surface area (Å²) < 4.78 is 0. The molecule has 0 aliphatic carbocycles. The third-order valence-corrected chi connectivity index (χ3v) is 3.97. The van der Waals surface area contributed by atoms with Gasteiger partial charge in [-0.25, -0.2) is 11.4 Å². The van der Waals surface area contributed by atoms with Crippen molar-refractivity contribution in [2.24, 2.45) is 0 Å². The number of hydrogen-bond acceptors (Lipinski definition) is 1. The Bertz CT molecular complexity index is 830. The second kappa shape index (κ2) is 5.39. The molecule has 0 bridgehead atoms. The van der Waals surface area contributed by atoms with Gasteiger partial charge in [0.15, 0.2) is 5.69 Å². The molecule has 1 aliphatic rings. The first-order valence-electron chi connectivity index (χ1n) is 7.08. The van der Waals surface area contributed by atoms with Crippen LogP contribution in [-0.2, 0) is 0 Å². The highest BCUT2D eigenvalue weighted by molar-refractivity contribution is 5.81. The van der Waals surface area contributed by atoms with Crippen molar-refractivity contribution >= 4 is 17.1 Å².